The number of piperazine rings is 1. The van der Waals surface area contributed by atoms with E-state index in [1.807, 2.05) is 18.2 Å². The molecule has 0 radical (unpaired) electrons. The molecule has 2 aromatic carbocycles. The van der Waals surface area contributed by atoms with E-state index < -0.39 is 0 Å². The Morgan fingerprint density at radius 2 is 1.89 bits per heavy atom. The van der Waals surface area contributed by atoms with Crippen LogP contribution in [-0.4, -0.2) is 56.2 Å². The molecule has 2 aliphatic heterocycles. The molecule has 2 aromatic rings. The topological polar surface area (TPSA) is 44.8 Å². The maximum Gasteiger partial charge on any atom is 0.251 e. The first-order chi connectivity index (χ1) is 13.2. The highest BCUT2D eigenvalue weighted by atomic mass is 16.5. The van der Waals surface area contributed by atoms with Crippen molar-refractivity contribution < 1.29 is 9.53 Å². The fourth-order valence-electron chi connectivity index (χ4n) is 3.86. The van der Waals surface area contributed by atoms with Gasteiger partial charge in [0.1, 0.15) is 5.75 Å². The highest BCUT2D eigenvalue weighted by Crippen LogP contribution is 2.25. The zero-order valence-electron chi connectivity index (χ0n) is 15.9. The fourth-order valence-corrected chi connectivity index (χ4v) is 3.86. The summed E-state index contributed by atoms with van der Waals surface area (Å²) in [4.78, 5) is 17.4. The van der Waals surface area contributed by atoms with Gasteiger partial charge in [0.15, 0.2) is 0 Å². The molecule has 0 aromatic heterocycles. The van der Waals surface area contributed by atoms with E-state index in [-0.39, 0.29) is 5.91 Å². The van der Waals surface area contributed by atoms with Crippen molar-refractivity contribution >= 4 is 11.6 Å². The third-order valence-corrected chi connectivity index (χ3v) is 5.57. The molecular formula is C22H27N3O2. The van der Waals surface area contributed by atoms with Crippen LogP contribution < -0.4 is 15.0 Å². The number of anilines is 1. The molecule has 1 N–H and O–H groups in total. The average molecular weight is 365 g/mol. The summed E-state index contributed by atoms with van der Waals surface area (Å²) in [5, 5.41) is 3.10. The second-order valence-corrected chi connectivity index (χ2v) is 7.34. The zero-order chi connectivity index (χ0) is 18.6. The van der Waals surface area contributed by atoms with Crippen LogP contribution in [0.15, 0.2) is 48.5 Å². The largest absolute Gasteiger partial charge is 0.493 e. The van der Waals surface area contributed by atoms with Crippen molar-refractivity contribution in [2.75, 3.05) is 44.2 Å². The number of ether oxygens (including phenoxy) is 1. The zero-order valence-corrected chi connectivity index (χ0v) is 15.9. The van der Waals surface area contributed by atoms with Gasteiger partial charge in [-0.15, -0.1) is 0 Å². The Hall–Kier alpha value is -2.53. The molecule has 4 rings (SSSR count). The Morgan fingerprint density at radius 3 is 2.67 bits per heavy atom. The molecule has 142 valence electrons. The Morgan fingerprint density at radius 1 is 1.11 bits per heavy atom. The molecule has 27 heavy (non-hydrogen) atoms. The number of fused-ring (bicyclic) bond motifs is 1. The number of hydrogen-bond donors (Lipinski definition) is 1. The van der Waals surface area contributed by atoms with Gasteiger partial charge in [-0.2, -0.15) is 0 Å². The third kappa shape index (κ3) is 4.08. The lowest BCUT2D eigenvalue weighted by atomic mass is 10.1. The average Bonchev–Trinajstić information content (AvgIpc) is 3.20. The molecule has 1 fully saturated rings. The smallest absolute Gasteiger partial charge is 0.251 e. The van der Waals surface area contributed by atoms with E-state index in [0.717, 1.165) is 49.5 Å². The molecule has 0 bridgehead atoms. The lowest BCUT2D eigenvalue weighted by molar-refractivity contribution is 0.0934. The third-order valence-electron chi connectivity index (χ3n) is 5.57. The van der Waals surface area contributed by atoms with Crippen molar-refractivity contribution in [1.82, 2.24) is 10.2 Å². The molecule has 2 heterocycles. The molecule has 1 saturated heterocycles. The van der Waals surface area contributed by atoms with Gasteiger partial charge in [-0.3, -0.25) is 9.69 Å². The van der Waals surface area contributed by atoms with Gasteiger partial charge in [-0.05, 0) is 42.8 Å². The van der Waals surface area contributed by atoms with E-state index in [4.69, 9.17) is 4.74 Å². The normalized spacial score (nSPS) is 17.9. The molecule has 0 saturated carbocycles. The maximum atomic E-state index is 12.5. The quantitative estimate of drug-likeness (QED) is 0.885. The Bertz CT molecular complexity index is 785. The summed E-state index contributed by atoms with van der Waals surface area (Å²) in [7, 11) is 0. The van der Waals surface area contributed by atoms with Gasteiger partial charge in [0.05, 0.1) is 6.61 Å². The van der Waals surface area contributed by atoms with E-state index >= 15 is 0 Å². The van der Waals surface area contributed by atoms with Crippen LogP contribution in [0, 0.1) is 0 Å². The summed E-state index contributed by atoms with van der Waals surface area (Å²) in [5.41, 5.74) is 3.15. The highest BCUT2D eigenvalue weighted by Gasteiger charge is 2.22. The van der Waals surface area contributed by atoms with Gasteiger partial charge in [0.2, 0.25) is 0 Å². The van der Waals surface area contributed by atoms with Crippen LogP contribution in [0.25, 0.3) is 0 Å². The summed E-state index contributed by atoms with van der Waals surface area (Å²) in [6, 6.07) is 16.6. The first-order valence-electron chi connectivity index (χ1n) is 9.79. The van der Waals surface area contributed by atoms with Crippen molar-refractivity contribution in [1.29, 1.82) is 0 Å². The van der Waals surface area contributed by atoms with Gasteiger partial charge in [0, 0.05) is 56.4 Å². The number of rotatable bonds is 5. The second-order valence-electron chi connectivity index (χ2n) is 7.34. The van der Waals surface area contributed by atoms with E-state index in [2.05, 4.69) is 52.4 Å². The number of hydrogen-bond acceptors (Lipinski definition) is 4. The SMILES string of the molecule is CC(CNC(=O)c1ccc2c(c1)CCO2)N1CCN(c2ccccc2)CC1. The Balaban J connectivity index is 1.26. The summed E-state index contributed by atoms with van der Waals surface area (Å²) >= 11 is 0. The number of carbonyl (C=O) groups is 1. The second kappa shape index (κ2) is 8.01. The van der Waals surface area contributed by atoms with Crippen LogP contribution >= 0.6 is 0 Å². The monoisotopic (exact) mass is 365 g/mol. The first kappa shape index (κ1) is 17.9. The van der Waals surface area contributed by atoms with Crippen molar-refractivity contribution in [3.05, 3.63) is 59.7 Å². The summed E-state index contributed by atoms with van der Waals surface area (Å²) < 4.78 is 5.51. The number of nitrogens with zero attached hydrogens (tertiary/aromatic N) is 2. The Labute approximate surface area is 160 Å². The molecule has 2 aliphatic rings. The van der Waals surface area contributed by atoms with E-state index in [1.54, 1.807) is 0 Å². The van der Waals surface area contributed by atoms with Crippen LogP contribution in [0.4, 0.5) is 5.69 Å². The van der Waals surface area contributed by atoms with Gasteiger partial charge >= 0.3 is 0 Å². The van der Waals surface area contributed by atoms with Crippen molar-refractivity contribution in [2.24, 2.45) is 0 Å². The van der Waals surface area contributed by atoms with Gasteiger partial charge in [-0.25, -0.2) is 0 Å². The van der Waals surface area contributed by atoms with Crippen LogP contribution in [0.1, 0.15) is 22.8 Å². The Kier molecular flexibility index (Phi) is 5.30. The minimum absolute atomic E-state index is 0.000489. The van der Waals surface area contributed by atoms with Crippen LogP contribution in [0.3, 0.4) is 0 Å². The fraction of sp³-hybridized carbons (Fsp3) is 0.409. The molecule has 0 spiro atoms. The minimum atomic E-state index is -0.000489. The highest BCUT2D eigenvalue weighted by molar-refractivity contribution is 5.94. The summed E-state index contributed by atoms with van der Waals surface area (Å²) in [6.45, 7) is 7.64. The molecule has 5 heteroatoms. The number of para-hydroxylation sites is 1. The van der Waals surface area contributed by atoms with Crippen LogP contribution in [0.2, 0.25) is 0 Å². The summed E-state index contributed by atoms with van der Waals surface area (Å²) in [5.74, 6) is 0.913. The van der Waals surface area contributed by atoms with Crippen molar-refractivity contribution in [3.63, 3.8) is 0 Å². The van der Waals surface area contributed by atoms with E-state index in [0.29, 0.717) is 19.2 Å². The molecule has 1 atom stereocenters. The van der Waals surface area contributed by atoms with Crippen molar-refractivity contribution in [2.45, 2.75) is 19.4 Å². The predicted octanol–water partition coefficient (Wildman–Crippen LogP) is 2.56. The van der Waals surface area contributed by atoms with Gasteiger partial charge in [-0.1, -0.05) is 18.2 Å². The van der Waals surface area contributed by atoms with Gasteiger partial charge in [0.25, 0.3) is 5.91 Å². The number of benzene rings is 2. The number of nitrogens with one attached hydrogen (secondary N) is 1. The van der Waals surface area contributed by atoms with Crippen LogP contribution in [-0.2, 0) is 6.42 Å². The van der Waals surface area contributed by atoms with E-state index in [9.17, 15) is 4.79 Å². The van der Waals surface area contributed by atoms with E-state index in [1.165, 1.54) is 5.69 Å². The standard InChI is InChI=1S/C22H27N3O2/c1-17(24-10-12-25(13-11-24)20-5-3-2-4-6-20)16-23-22(26)19-7-8-21-18(15-19)9-14-27-21/h2-8,15,17H,9-14,16H2,1H3,(H,23,26). The lowest BCUT2D eigenvalue weighted by Gasteiger charge is -2.39. The maximum absolute atomic E-state index is 12.5. The number of carbonyl (C=O) groups excluding carboxylic acids is 1. The number of amides is 1. The molecule has 0 aliphatic carbocycles. The lowest BCUT2D eigenvalue weighted by Crippen LogP contribution is -2.52. The summed E-state index contributed by atoms with van der Waals surface area (Å²) in [6.07, 6.45) is 0.887. The van der Waals surface area contributed by atoms with Crippen LogP contribution in [0.5, 0.6) is 5.75 Å². The molecule has 1 amide bonds. The molecule has 5 nitrogen and oxygen atoms in total. The predicted molar refractivity (Wildman–Crippen MR) is 108 cm³/mol. The first-order valence-corrected chi connectivity index (χ1v) is 9.79. The molecular weight excluding hydrogens is 338 g/mol. The molecule has 1 unspecified atom stereocenters. The minimum Gasteiger partial charge on any atom is -0.493 e. The van der Waals surface area contributed by atoms with Gasteiger partial charge < -0.3 is 15.0 Å². The van der Waals surface area contributed by atoms with Crippen molar-refractivity contribution in [3.8, 4) is 5.75 Å².